The van der Waals surface area contributed by atoms with Gasteiger partial charge in [-0.25, -0.2) is 4.98 Å². The smallest absolute Gasteiger partial charge is 0.272 e. The lowest BCUT2D eigenvalue weighted by Crippen LogP contribution is -2.45. The lowest BCUT2D eigenvalue weighted by molar-refractivity contribution is 0.0520. The Hall–Kier alpha value is -2.14. The number of rotatable bonds is 4. The van der Waals surface area contributed by atoms with Crippen LogP contribution < -0.4 is 5.73 Å². The second kappa shape index (κ2) is 5.69. The Balaban J connectivity index is 1.96. The second-order valence-electron chi connectivity index (χ2n) is 5.42. The number of pyridine rings is 1. The summed E-state index contributed by atoms with van der Waals surface area (Å²) in [5.41, 5.74) is 6.31. The molecular weight excluding hydrogens is 266 g/mol. The quantitative estimate of drug-likeness (QED) is 0.897. The summed E-state index contributed by atoms with van der Waals surface area (Å²) in [6, 6.07) is 9.62. The van der Waals surface area contributed by atoms with E-state index in [4.69, 9.17) is 5.73 Å². The van der Waals surface area contributed by atoms with Crippen LogP contribution in [0.2, 0.25) is 0 Å². The van der Waals surface area contributed by atoms with E-state index in [2.05, 4.69) is 4.98 Å². The summed E-state index contributed by atoms with van der Waals surface area (Å²) < 4.78 is 0. The van der Waals surface area contributed by atoms with Crippen molar-refractivity contribution in [1.29, 1.82) is 0 Å². The molecule has 1 saturated carbocycles. The SMILES string of the molecule is Nc1nc(C(=O)N(CCO)C2CCC2)cc2ccccc12. The predicted molar refractivity (Wildman–Crippen MR) is 81.9 cm³/mol. The van der Waals surface area contributed by atoms with Gasteiger partial charge in [0.15, 0.2) is 0 Å². The number of nitrogens with two attached hydrogens (primary N) is 1. The van der Waals surface area contributed by atoms with Gasteiger partial charge in [0.05, 0.1) is 6.61 Å². The average Bonchev–Trinajstić information content (AvgIpc) is 2.44. The van der Waals surface area contributed by atoms with Gasteiger partial charge in [0, 0.05) is 18.0 Å². The van der Waals surface area contributed by atoms with Crippen LogP contribution in [0.5, 0.6) is 0 Å². The minimum Gasteiger partial charge on any atom is -0.395 e. The van der Waals surface area contributed by atoms with Crippen molar-refractivity contribution < 1.29 is 9.90 Å². The van der Waals surface area contributed by atoms with Crippen LogP contribution in [0.25, 0.3) is 10.8 Å². The Kier molecular flexibility index (Phi) is 3.75. The van der Waals surface area contributed by atoms with Crippen LogP contribution in [0.3, 0.4) is 0 Å². The fourth-order valence-electron chi connectivity index (χ4n) is 2.74. The summed E-state index contributed by atoms with van der Waals surface area (Å²) in [5.74, 6) is 0.222. The van der Waals surface area contributed by atoms with Crippen LogP contribution in [-0.4, -0.2) is 40.1 Å². The number of aromatic nitrogens is 1. The largest absolute Gasteiger partial charge is 0.395 e. The number of carbonyl (C=O) groups is 1. The fraction of sp³-hybridized carbons (Fsp3) is 0.375. The number of hydrogen-bond acceptors (Lipinski definition) is 4. The van der Waals surface area contributed by atoms with Crippen LogP contribution in [0.4, 0.5) is 5.82 Å². The highest BCUT2D eigenvalue weighted by molar-refractivity contribution is 6.00. The number of benzene rings is 1. The number of anilines is 1. The molecule has 0 spiro atoms. The minimum atomic E-state index is -0.147. The third-order valence-corrected chi connectivity index (χ3v) is 4.11. The average molecular weight is 285 g/mol. The van der Waals surface area contributed by atoms with Crippen LogP contribution in [0.15, 0.2) is 30.3 Å². The van der Waals surface area contributed by atoms with Gasteiger partial charge in [-0.05, 0) is 30.7 Å². The molecule has 1 heterocycles. The number of hydrogen-bond donors (Lipinski definition) is 2. The lowest BCUT2D eigenvalue weighted by atomic mass is 9.91. The molecule has 1 amide bonds. The molecule has 0 bridgehead atoms. The van der Waals surface area contributed by atoms with Crippen molar-refractivity contribution in [3.8, 4) is 0 Å². The summed E-state index contributed by atoms with van der Waals surface area (Å²) in [6.07, 6.45) is 3.12. The van der Waals surface area contributed by atoms with E-state index in [1.807, 2.05) is 24.3 Å². The van der Waals surface area contributed by atoms with Crippen LogP contribution in [0, 0.1) is 0 Å². The normalized spacial score (nSPS) is 14.9. The zero-order valence-electron chi connectivity index (χ0n) is 11.8. The molecule has 1 fully saturated rings. The van der Waals surface area contributed by atoms with Crippen molar-refractivity contribution >= 4 is 22.5 Å². The Morgan fingerprint density at radius 2 is 2.14 bits per heavy atom. The molecule has 1 aliphatic rings. The molecular formula is C16H19N3O2. The minimum absolute atomic E-state index is 0.0364. The third-order valence-electron chi connectivity index (χ3n) is 4.11. The van der Waals surface area contributed by atoms with Crippen molar-refractivity contribution in [1.82, 2.24) is 9.88 Å². The van der Waals surface area contributed by atoms with Crippen molar-refractivity contribution in [3.63, 3.8) is 0 Å². The maximum absolute atomic E-state index is 12.7. The number of aliphatic hydroxyl groups excluding tert-OH is 1. The van der Waals surface area contributed by atoms with Crippen molar-refractivity contribution in [2.24, 2.45) is 0 Å². The Morgan fingerprint density at radius 1 is 1.38 bits per heavy atom. The van der Waals surface area contributed by atoms with Gasteiger partial charge in [-0.2, -0.15) is 0 Å². The lowest BCUT2D eigenvalue weighted by Gasteiger charge is -2.37. The van der Waals surface area contributed by atoms with E-state index < -0.39 is 0 Å². The summed E-state index contributed by atoms with van der Waals surface area (Å²) in [5, 5.41) is 10.9. The highest BCUT2D eigenvalue weighted by Crippen LogP contribution is 2.27. The maximum Gasteiger partial charge on any atom is 0.272 e. The zero-order chi connectivity index (χ0) is 14.8. The van der Waals surface area contributed by atoms with Crippen molar-refractivity contribution in [2.45, 2.75) is 25.3 Å². The van der Waals surface area contributed by atoms with E-state index in [0.717, 1.165) is 30.0 Å². The Morgan fingerprint density at radius 3 is 2.81 bits per heavy atom. The topological polar surface area (TPSA) is 79.5 Å². The van der Waals surface area contributed by atoms with Gasteiger partial charge in [-0.3, -0.25) is 4.79 Å². The van der Waals surface area contributed by atoms with E-state index in [9.17, 15) is 9.90 Å². The molecule has 0 atom stereocenters. The monoisotopic (exact) mass is 285 g/mol. The molecule has 2 aromatic rings. The molecule has 3 N–H and O–H groups in total. The summed E-state index contributed by atoms with van der Waals surface area (Å²) in [4.78, 5) is 18.6. The Bertz CT molecular complexity index is 668. The first kappa shape index (κ1) is 13.8. The second-order valence-corrected chi connectivity index (χ2v) is 5.42. The van der Waals surface area contributed by atoms with E-state index in [-0.39, 0.29) is 18.6 Å². The highest BCUT2D eigenvalue weighted by Gasteiger charge is 2.29. The first-order valence-electron chi connectivity index (χ1n) is 7.28. The van der Waals surface area contributed by atoms with E-state index >= 15 is 0 Å². The van der Waals surface area contributed by atoms with E-state index in [1.54, 1.807) is 11.0 Å². The molecule has 1 aromatic carbocycles. The van der Waals surface area contributed by atoms with Gasteiger partial charge >= 0.3 is 0 Å². The first-order chi connectivity index (χ1) is 10.2. The molecule has 5 heteroatoms. The molecule has 3 rings (SSSR count). The number of amides is 1. The zero-order valence-corrected chi connectivity index (χ0v) is 11.8. The summed E-state index contributed by atoms with van der Waals surface area (Å²) in [6.45, 7) is 0.309. The van der Waals surface area contributed by atoms with Gasteiger partial charge in [0.2, 0.25) is 0 Å². The van der Waals surface area contributed by atoms with Crippen LogP contribution in [0.1, 0.15) is 29.8 Å². The Labute approximate surface area is 123 Å². The van der Waals surface area contributed by atoms with Gasteiger partial charge in [0.25, 0.3) is 5.91 Å². The summed E-state index contributed by atoms with van der Waals surface area (Å²) in [7, 11) is 0. The molecule has 110 valence electrons. The standard InChI is InChI=1S/C16H19N3O2/c17-15-13-7-2-1-4-11(13)10-14(18-15)16(21)19(8-9-20)12-5-3-6-12/h1-2,4,7,10,12,20H,3,5-6,8-9H2,(H2,17,18). The molecule has 0 saturated heterocycles. The molecule has 0 radical (unpaired) electrons. The molecule has 0 aliphatic heterocycles. The van der Waals surface area contributed by atoms with Crippen molar-refractivity contribution in [3.05, 3.63) is 36.0 Å². The fourth-order valence-corrected chi connectivity index (χ4v) is 2.74. The number of aliphatic hydroxyl groups is 1. The van der Waals surface area contributed by atoms with Gasteiger partial charge in [-0.15, -0.1) is 0 Å². The number of nitrogens with zero attached hydrogens (tertiary/aromatic N) is 2. The molecule has 1 aromatic heterocycles. The van der Waals surface area contributed by atoms with E-state index in [1.165, 1.54) is 0 Å². The number of fused-ring (bicyclic) bond motifs is 1. The maximum atomic E-state index is 12.7. The van der Waals surface area contributed by atoms with Crippen LogP contribution >= 0.6 is 0 Å². The molecule has 0 unspecified atom stereocenters. The first-order valence-corrected chi connectivity index (χ1v) is 7.28. The van der Waals surface area contributed by atoms with Crippen molar-refractivity contribution in [2.75, 3.05) is 18.9 Å². The predicted octanol–water partition coefficient (Wildman–Crippen LogP) is 1.80. The van der Waals surface area contributed by atoms with E-state index in [0.29, 0.717) is 18.1 Å². The van der Waals surface area contributed by atoms with Gasteiger partial charge < -0.3 is 15.7 Å². The summed E-state index contributed by atoms with van der Waals surface area (Å²) >= 11 is 0. The van der Waals surface area contributed by atoms with Crippen LogP contribution in [-0.2, 0) is 0 Å². The van der Waals surface area contributed by atoms with Gasteiger partial charge in [-0.1, -0.05) is 24.3 Å². The molecule has 5 nitrogen and oxygen atoms in total. The molecule has 1 aliphatic carbocycles. The number of carbonyl (C=O) groups excluding carboxylic acids is 1. The third kappa shape index (κ3) is 2.56. The highest BCUT2D eigenvalue weighted by atomic mass is 16.3. The van der Waals surface area contributed by atoms with Gasteiger partial charge in [0.1, 0.15) is 11.5 Å². The molecule has 21 heavy (non-hydrogen) atoms. The number of nitrogen functional groups attached to an aromatic ring is 1.